The maximum Gasteiger partial charge on any atom is 0.147 e. The topological polar surface area (TPSA) is 48.0 Å². The number of H-pyrrole nitrogens is 1. The minimum Gasteiger partial charge on any atom is -0.388 e. The van der Waals surface area contributed by atoms with Crippen molar-refractivity contribution < 1.29 is 18.3 Å². The van der Waals surface area contributed by atoms with Crippen molar-refractivity contribution in [1.29, 1.82) is 0 Å². The third-order valence-corrected chi connectivity index (χ3v) is 6.55. The van der Waals surface area contributed by atoms with Gasteiger partial charge >= 0.3 is 0 Å². The number of hydrogen-bond donors (Lipinski definition) is 3. The molecule has 0 bridgehead atoms. The fourth-order valence-corrected chi connectivity index (χ4v) is 4.81. The Balaban J connectivity index is 0.00000274. The molecule has 1 aliphatic heterocycles. The van der Waals surface area contributed by atoms with Crippen LogP contribution in [0.4, 0.5) is 13.2 Å². The molecule has 1 aliphatic rings. The van der Waals surface area contributed by atoms with Crippen molar-refractivity contribution in [2.24, 2.45) is 0 Å². The maximum absolute atomic E-state index is 14.6. The molecule has 2 unspecified atom stereocenters. The van der Waals surface area contributed by atoms with Crippen LogP contribution in [0.25, 0.3) is 22.0 Å². The summed E-state index contributed by atoms with van der Waals surface area (Å²) < 4.78 is 41.1. The van der Waals surface area contributed by atoms with Gasteiger partial charge in [0.1, 0.15) is 17.5 Å². The van der Waals surface area contributed by atoms with E-state index in [1.807, 2.05) is 0 Å². The van der Waals surface area contributed by atoms with Gasteiger partial charge in [0.2, 0.25) is 0 Å². The summed E-state index contributed by atoms with van der Waals surface area (Å²) in [5.41, 5.74) is 4.99. The van der Waals surface area contributed by atoms with Crippen molar-refractivity contribution in [3.05, 3.63) is 94.9 Å². The van der Waals surface area contributed by atoms with Crippen molar-refractivity contribution in [3.63, 3.8) is 0 Å². The van der Waals surface area contributed by atoms with Gasteiger partial charge in [-0.1, -0.05) is 30.3 Å². The van der Waals surface area contributed by atoms with Crippen molar-refractivity contribution in [1.82, 2.24) is 10.3 Å². The number of fused-ring (bicyclic) bond motifs is 3. The lowest BCUT2D eigenvalue weighted by atomic mass is 9.93. The number of rotatable bonds is 6. The molecule has 2 atom stereocenters. The van der Waals surface area contributed by atoms with Gasteiger partial charge in [-0.15, -0.1) is 12.4 Å². The Bertz CT molecular complexity index is 1270. The Labute approximate surface area is 202 Å². The first-order valence-corrected chi connectivity index (χ1v) is 11.2. The lowest BCUT2D eigenvalue weighted by Gasteiger charge is -2.25. The number of aromatic nitrogens is 1. The van der Waals surface area contributed by atoms with E-state index in [2.05, 4.69) is 10.3 Å². The van der Waals surface area contributed by atoms with Gasteiger partial charge < -0.3 is 15.4 Å². The van der Waals surface area contributed by atoms with Gasteiger partial charge in [0.15, 0.2) is 0 Å². The molecule has 0 fully saturated rings. The molecule has 34 heavy (non-hydrogen) atoms. The van der Waals surface area contributed by atoms with Crippen LogP contribution in [0, 0.1) is 17.5 Å². The van der Waals surface area contributed by atoms with E-state index in [0.29, 0.717) is 18.5 Å². The molecule has 3 N–H and O–H groups in total. The van der Waals surface area contributed by atoms with Gasteiger partial charge in [0.05, 0.1) is 11.6 Å². The number of aliphatic hydroxyl groups is 1. The molecule has 2 heterocycles. The summed E-state index contributed by atoms with van der Waals surface area (Å²) in [5, 5.41) is 14.8. The molecule has 0 saturated heterocycles. The molecule has 5 rings (SSSR count). The predicted molar refractivity (Wildman–Crippen MR) is 130 cm³/mol. The molecule has 0 spiro atoms. The highest BCUT2D eigenvalue weighted by Crippen LogP contribution is 2.36. The molecular weight excluding hydrogens is 461 g/mol. The zero-order valence-corrected chi connectivity index (χ0v) is 19.3. The molecule has 3 aromatic carbocycles. The van der Waals surface area contributed by atoms with Crippen LogP contribution in [0.2, 0.25) is 0 Å². The zero-order chi connectivity index (χ0) is 22.9. The minimum atomic E-state index is -0.620. The van der Waals surface area contributed by atoms with Crippen LogP contribution in [-0.4, -0.2) is 16.1 Å². The molecule has 1 aromatic heterocycles. The van der Waals surface area contributed by atoms with E-state index in [-0.39, 0.29) is 35.9 Å². The van der Waals surface area contributed by atoms with Gasteiger partial charge in [-0.05, 0) is 71.8 Å². The van der Waals surface area contributed by atoms with Crippen LogP contribution in [0.5, 0.6) is 0 Å². The molecule has 0 amide bonds. The van der Waals surface area contributed by atoms with Gasteiger partial charge in [-0.3, -0.25) is 0 Å². The quantitative estimate of drug-likeness (QED) is 0.288. The molecular formula is C27H26ClF3N2O. The summed E-state index contributed by atoms with van der Waals surface area (Å²) in [6.45, 7) is 0.609. The van der Waals surface area contributed by atoms with Crippen LogP contribution < -0.4 is 5.32 Å². The summed E-state index contributed by atoms with van der Waals surface area (Å²) in [6, 6.07) is 15.6. The maximum atomic E-state index is 14.6. The smallest absolute Gasteiger partial charge is 0.147 e. The number of hydrogen-bond acceptors (Lipinski definition) is 2. The van der Waals surface area contributed by atoms with E-state index >= 15 is 0 Å². The highest BCUT2D eigenvalue weighted by molar-refractivity contribution is 5.99. The Kier molecular flexibility index (Phi) is 7.31. The molecule has 0 saturated carbocycles. The second-order valence-corrected chi connectivity index (χ2v) is 8.71. The Morgan fingerprint density at radius 2 is 1.59 bits per heavy atom. The summed E-state index contributed by atoms with van der Waals surface area (Å²) in [6.07, 6.45) is 2.37. The molecule has 3 nitrogen and oxygen atoms in total. The fraction of sp³-hybridized carbons (Fsp3) is 0.259. The summed E-state index contributed by atoms with van der Waals surface area (Å²) in [4.78, 5) is 3.29. The van der Waals surface area contributed by atoms with Crippen LogP contribution in [0.3, 0.4) is 0 Å². The number of nitrogens with one attached hydrogen (secondary N) is 2. The normalized spacial score (nSPS) is 16.2. The van der Waals surface area contributed by atoms with Gasteiger partial charge in [0, 0.05) is 30.1 Å². The molecule has 0 aliphatic carbocycles. The number of aliphatic hydroxyl groups excluding tert-OH is 1. The fourth-order valence-electron chi connectivity index (χ4n) is 4.81. The Morgan fingerprint density at radius 1 is 0.912 bits per heavy atom. The zero-order valence-electron chi connectivity index (χ0n) is 18.5. The molecule has 4 aromatic rings. The number of benzene rings is 3. The highest BCUT2D eigenvalue weighted by Gasteiger charge is 2.25. The lowest BCUT2D eigenvalue weighted by molar-refractivity contribution is 0.161. The van der Waals surface area contributed by atoms with Crippen molar-refractivity contribution >= 4 is 23.3 Å². The lowest BCUT2D eigenvalue weighted by Crippen LogP contribution is -2.35. The van der Waals surface area contributed by atoms with Crippen molar-refractivity contribution in [3.8, 4) is 11.1 Å². The van der Waals surface area contributed by atoms with Gasteiger partial charge in [0.25, 0.3) is 0 Å². The van der Waals surface area contributed by atoms with E-state index < -0.39 is 6.10 Å². The third kappa shape index (κ3) is 4.85. The molecule has 0 radical (unpaired) electrons. The standard InChI is InChI=1S/C27H25F3N2O.ClH/c28-18-8-4-16(5-9-18)21-12-13-23(30)27-26(21)22-15-31-20(14-24(22)32-27)2-1-3-25(33)17-6-10-19(29)11-7-17;/h4-13,20,25,31-33H,1-3,14-15H2;1H. The monoisotopic (exact) mass is 486 g/mol. The van der Waals surface area contributed by atoms with E-state index in [1.165, 1.54) is 30.3 Å². The van der Waals surface area contributed by atoms with Crippen molar-refractivity contribution in [2.45, 2.75) is 44.4 Å². The van der Waals surface area contributed by atoms with Crippen LogP contribution in [0.15, 0.2) is 60.7 Å². The van der Waals surface area contributed by atoms with Gasteiger partial charge in [-0.2, -0.15) is 0 Å². The largest absolute Gasteiger partial charge is 0.388 e. The third-order valence-electron chi connectivity index (χ3n) is 6.55. The molecule has 178 valence electrons. The average molecular weight is 487 g/mol. The summed E-state index contributed by atoms with van der Waals surface area (Å²) in [5.74, 6) is -0.919. The molecule has 7 heteroatoms. The van der Waals surface area contributed by atoms with Crippen molar-refractivity contribution in [2.75, 3.05) is 0 Å². The Hall–Kier alpha value is -2.80. The van der Waals surface area contributed by atoms with Crippen LogP contribution in [0.1, 0.15) is 42.2 Å². The second kappa shape index (κ2) is 10.2. The summed E-state index contributed by atoms with van der Waals surface area (Å²) >= 11 is 0. The second-order valence-electron chi connectivity index (χ2n) is 8.71. The minimum absolute atomic E-state index is 0. The number of halogens is 4. The highest BCUT2D eigenvalue weighted by atomic mass is 35.5. The Morgan fingerprint density at radius 3 is 2.29 bits per heavy atom. The number of aromatic amines is 1. The van der Waals surface area contributed by atoms with E-state index in [1.54, 1.807) is 30.3 Å². The van der Waals surface area contributed by atoms with Crippen LogP contribution in [-0.2, 0) is 13.0 Å². The van der Waals surface area contributed by atoms with Crippen LogP contribution >= 0.6 is 12.4 Å². The van der Waals surface area contributed by atoms with Gasteiger partial charge in [-0.25, -0.2) is 13.2 Å². The predicted octanol–water partition coefficient (Wildman–Crippen LogP) is 6.59. The summed E-state index contributed by atoms with van der Waals surface area (Å²) in [7, 11) is 0. The first-order valence-electron chi connectivity index (χ1n) is 11.2. The SMILES string of the molecule is Cl.OC(CCCC1Cc2[nH]c3c(F)ccc(-c4ccc(F)cc4)c3c2CN1)c1ccc(F)cc1. The van der Waals surface area contributed by atoms with E-state index in [4.69, 9.17) is 0 Å². The average Bonchev–Trinajstić information content (AvgIpc) is 3.20. The first kappa shape index (κ1) is 24.3. The van der Waals surface area contributed by atoms with E-state index in [9.17, 15) is 18.3 Å². The van der Waals surface area contributed by atoms with E-state index in [0.717, 1.165) is 52.6 Å². The first-order chi connectivity index (χ1) is 16.0.